The molecule has 3 aromatic rings. The van der Waals surface area contributed by atoms with Gasteiger partial charge in [-0.25, -0.2) is 9.59 Å². The number of methoxy groups -OCH3 is 3. The fourth-order valence-electron chi connectivity index (χ4n) is 2.83. The lowest BCUT2D eigenvalue weighted by Crippen LogP contribution is -2.17. The van der Waals surface area contributed by atoms with Crippen LogP contribution in [-0.4, -0.2) is 49.3 Å². The number of amides is 1. The van der Waals surface area contributed by atoms with E-state index in [0.29, 0.717) is 11.6 Å². The van der Waals surface area contributed by atoms with Crippen molar-refractivity contribution in [2.24, 2.45) is 0 Å². The number of nitrogens with one attached hydrogen (secondary N) is 1. The normalized spacial score (nSPS) is 10.3. The van der Waals surface area contributed by atoms with Crippen molar-refractivity contribution in [3.8, 4) is 17.1 Å². The molecule has 0 saturated carbocycles. The zero-order chi connectivity index (χ0) is 23.1. The fraction of sp³-hybridized carbons (Fsp3) is 0.227. The predicted octanol–water partition coefficient (Wildman–Crippen LogP) is 2.89. The monoisotopic (exact) mass is 439 g/mol. The van der Waals surface area contributed by atoms with Gasteiger partial charge in [0.25, 0.3) is 0 Å². The van der Waals surface area contributed by atoms with E-state index in [4.69, 9.17) is 14.0 Å². The van der Waals surface area contributed by atoms with E-state index in [1.54, 1.807) is 31.4 Å². The quantitative estimate of drug-likeness (QED) is 0.527. The highest BCUT2D eigenvalue weighted by Gasteiger charge is 2.18. The molecule has 2 aromatic carbocycles. The molecule has 0 unspecified atom stereocenters. The van der Waals surface area contributed by atoms with Crippen LogP contribution in [0, 0.1) is 0 Å². The van der Waals surface area contributed by atoms with E-state index in [0.717, 1.165) is 5.56 Å². The van der Waals surface area contributed by atoms with E-state index < -0.39 is 17.8 Å². The standard InChI is InChI=1S/C22H21N3O7/c1-29-15-7-4-13(5-8-15)20-24-19(32-25-20)11-10-18(26)23-17-12-14(21(27)30-2)6-9-16(17)22(28)31-3/h4-9,12H,10-11H2,1-3H3,(H,23,26). The third kappa shape index (κ3) is 5.28. The van der Waals surface area contributed by atoms with Crippen LogP contribution in [0.15, 0.2) is 47.0 Å². The average molecular weight is 439 g/mol. The lowest BCUT2D eigenvalue weighted by Gasteiger charge is -2.11. The number of hydrogen-bond donors (Lipinski definition) is 1. The van der Waals surface area contributed by atoms with Gasteiger partial charge in [0.15, 0.2) is 0 Å². The summed E-state index contributed by atoms with van der Waals surface area (Å²) in [4.78, 5) is 40.5. The molecule has 0 spiro atoms. The van der Waals surface area contributed by atoms with Gasteiger partial charge in [0.1, 0.15) is 5.75 Å². The average Bonchev–Trinajstić information content (AvgIpc) is 3.31. The Bertz CT molecular complexity index is 1120. The predicted molar refractivity (Wildman–Crippen MR) is 112 cm³/mol. The Hall–Kier alpha value is -4.21. The van der Waals surface area contributed by atoms with Crippen LogP contribution in [0.4, 0.5) is 5.69 Å². The SMILES string of the molecule is COC(=O)c1ccc(C(=O)OC)c(NC(=O)CCc2nc(-c3ccc(OC)cc3)no2)c1. The van der Waals surface area contributed by atoms with Gasteiger partial charge in [-0.05, 0) is 42.5 Å². The molecule has 0 aliphatic heterocycles. The van der Waals surface area contributed by atoms with Crippen LogP contribution < -0.4 is 10.1 Å². The number of aryl methyl sites for hydroxylation is 1. The Morgan fingerprint density at radius 3 is 2.34 bits per heavy atom. The van der Waals surface area contributed by atoms with Crippen LogP contribution in [-0.2, 0) is 20.7 Å². The van der Waals surface area contributed by atoms with Gasteiger partial charge in [0.2, 0.25) is 17.6 Å². The van der Waals surface area contributed by atoms with Gasteiger partial charge in [0, 0.05) is 18.4 Å². The molecular formula is C22H21N3O7. The first-order valence-electron chi connectivity index (χ1n) is 9.52. The Labute approximate surface area is 183 Å². The molecule has 10 heteroatoms. The molecule has 0 atom stereocenters. The number of carbonyl (C=O) groups excluding carboxylic acids is 3. The van der Waals surface area contributed by atoms with Gasteiger partial charge >= 0.3 is 11.9 Å². The summed E-state index contributed by atoms with van der Waals surface area (Å²) < 4.78 is 19.7. The minimum atomic E-state index is -0.655. The highest BCUT2D eigenvalue weighted by Crippen LogP contribution is 2.22. The molecule has 3 rings (SSSR count). The van der Waals surface area contributed by atoms with Crippen molar-refractivity contribution in [3.63, 3.8) is 0 Å². The summed E-state index contributed by atoms with van der Waals surface area (Å²) in [5.74, 6) is -0.297. The number of benzene rings is 2. The molecule has 1 amide bonds. The van der Waals surface area contributed by atoms with Crippen LogP contribution >= 0.6 is 0 Å². The Morgan fingerprint density at radius 1 is 0.969 bits per heavy atom. The van der Waals surface area contributed by atoms with Crippen LogP contribution in [0.1, 0.15) is 33.0 Å². The van der Waals surface area contributed by atoms with Crippen molar-refractivity contribution in [2.75, 3.05) is 26.6 Å². The molecule has 0 saturated heterocycles. The molecule has 166 valence electrons. The topological polar surface area (TPSA) is 130 Å². The molecule has 0 radical (unpaired) electrons. The summed E-state index contributed by atoms with van der Waals surface area (Å²) in [7, 11) is 4.03. The minimum absolute atomic E-state index is 0.00725. The first-order valence-corrected chi connectivity index (χ1v) is 9.52. The number of aromatic nitrogens is 2. The Morgan fingerprint density at radius 2 is 1.69 bits per heavy atom. The maximum Gasteiger partial charge on any atom is 0.339 e. The van der Waals surface area contributed by atoms with Gasteiger partial charge in [0.05, 0.1) is 38.1 Å². The number of nitrogens with zero attached hydrogens (tertiary/aromatic N) is 2. The zero-order valence-corrected chi connectivity index (χ0v) is 17.7. The fourth-order valence-corrected chi connectivity index (χ4v) is 2.83. The summed E-state index contributed by atoms with van der Waals surface area (Å²) in [6.07, 6.45) is 0.187. The molecule has 0 bridgehead atoms. The number of esters is 2. The van der Waals surface area contributed by atoms with Gasteiger partial charge in [-0.2, -0.15) is 4.98 Å². The highest BCUT2D eigenvalue weighted by atomic mass is 16.5. The van der Waals surface area contributed by atoms with E-state index in [9.17, 15) is 14.4 Å². The zero-order valence-electron chi connectivity index (χ0n) is 17.7. The van der Waals surface area contributed by atoms with E-state index in [-0.39, 0.29) is 35.5 Å². The largest absolute Gasteiger partial charge is 0.497 e. The molecule has 0 aliphatic rings. The second-order valence-corrected chi connectivity index (χ2v) is 6.53. The summed E-state index contributed by atoms with van der Waals surface area (Å²) in [5.41, 5.74) is 1.16. The third-order valence-electron chi connectivity index (χ3n) is 4.50. The molecule has 32 heavy (non-hydrogen) atoms. The van der Waals surface area contributed by atoms with E-state index in [1.165, 1.54) is 32.4 Å². The summed E-state index contributed by atoms with van der Waals surface area (Å²) in [6.45, 7) is 0. The van der Waals surface area contributed by atoms with Crippen molar-refractivity contribution in [3.05, 3.63) is 59.5 Å². The van der Waals surface area contributed by atoms with Crippen LogP contribution in [0.5, 0.6) is 5.75 Å². The van der Waals surface area contributed by atoms with Crippen molar-refractivity contribution in [2.45, 2.75) is 12.8 Å². The van der Waals surface area contributed by atoms with Gasteiger partial charge in [-0.1, -0.05) is 5.16 Å². The number of carbonyl (C=O) groups is 3. The van der Waals surface area contributed by atoms with Crippen LogP contribution in [0.25, 0.3) is 11.4 Å². The number of rotatable bonds is 8. The van der Waals surface area contributed by atoms with Gasteiger partial charge in [-0.3, -0.25) is 4.79 Å². The molecule has 0 aliphatic carbocycles. The van der Waals surface area contributed by atoms with Crippen molar-refractivity contribution in [1.29, 1.82) is 0 Å². The smallest absolute Gasteiger partial charge is 0.339 e. The second kappa shape index (κ2) is 10.2. The van der Waals surface area contributed by atoms with Gasteiger partial charge < -0.3 is 24.1 Å². The van der Waals surface area contributed by atoms with Crippen LogP contribution in [0.2, 0.25) is 0 Å². The second-order valence-electron chi connectivity index (χ2n) is 6.53. The van der Waals surface area contributed by atoms with Crippen molar-refractivity contribution < 1.29 is 33.1 Å². The lowest BCUT2D eigenvalue weighted by atomic mass is 10.1. The van der Waals surface area contributed by atoms with E-state index in [1.807, 2.05) is 0 Å². The molecule has 10 nitrogen and oxygen atoms in total. The summed E-state index contributed by atoms with van der Waals surface area (Å²) in [6, 6.07) is 11.3. The maximum atomic E-state index is 12.5. The number of ether oxygens (including phenoxy) is 3. The first kappa shape index (κ1) is 22.5. The van der Waals surface area contributed by atoms with Crippen molar-refractivity contribution >= 4 is 23.5 Å². The summed E-state index contributed by atoms with van der Waals surface area (Å²) in [5, 5.41) is 6.54. The molecule has 1 aromatic heterocycles. The number of anilines is 1. The molecule has 0 fully saturated rings. The Kier molecular flexibility index (Phi) is 7.17. The van der Waals surface area contributed by atoms with Crippen LogP contribution in [0.3, 0.4) is 0 Å². The highest BCUT2D eigenvalue weighted by molar-refractivity contribution is 6.03. The Balaban J connectivity index is 1.67. The molecule has 1 heterocycles. The molecule has 1 N–H and O–H groups in total. The van der Waals surface area contributed by atoms with Gasteiger partial charge in [-0.15, -0.1) is 0 Å². The van der Waals surface area contributed by atoms with Crippen molar-refractivity contribution in [1.82, 2.24) is 10.1 Å². The minimum Gasteiger partial charge on any atom is -0.497 e. The third-order valence-corrected chi connectivity index (χ3v) is 4.50. The lowest BCUT2D eigenvalue weighted by molar-refractivity contribution is -0.116. The summed E-state index contributed by atoms with van der Waals surface area (Å²) >= 11 is 0. The van der Waals surface area contributed by atoms with E-state index >= 15 is 0 Å². The number of hydrogen-bond acceptors (Lipinski definition) is 9. The first-order chi connectivity index (χ1) is 15.4. The maximum absolute atomic E-state index is 12.5. The van der Waals surface area contributed by atoms with E-state index in [2.05, 4.69) is 20.2 Å². The molecular weight excluding hydrogens is 418 g/mol.